The van der Waals surface area contributed by atoms with Crippen LogP contribution in [-0.4, -0.2) is 63.8 Å². The van der Waals surface area contributed by atoms with Crippen molar-refractivity contribution < 1.29 is 29.0 Å². The summed E-state index contributed by atoms with van der Waals surface area (Å²) in [5.74, 6) is 0. The van der Waals surface area contributed by atoms with E-state index in [1.165, 1.54) is 0 Å². The molecule has 7 heavy (non-hydrogen) atoms. The zero-order valence-electron chi connectivity index (χ0n) is 5.53. The summed E-state index contributed by atoms with van der Waals surface area (Å²) < 4.78 is 6.81. The monoisotopic (exact) mass is 210 g/mol. The van der Waals surface area contributed by atoms with Crippen LogP contribution in [0.1, 0.15) is 2.85 Å². The second kappa shape index (κ2) is 136. The van der Waals surface area contributed by atoms with Crippen molar-refractivity contribution >= 4 is 54.0 Å². The quantitative estimate of drug-likeness (QED) is 0.414. The van der Waals surface area contributed by atoms with E-state index in [1.54, 1.807) is 0 Å². The summed E-state index contributed by atoms with van der Waals surface area (Å²) in [6.45, 7) is 0. The molecule has 9 N–H and O–H groups in total. The third-order valence-electron chi connectivity index (χ3n) is 0. The Kier molecular flexibility index (Phi) is 1460. The Hall–Kier alpha value is 1.54. The molecule has 0 rings (SSSR count). The van der Waals surface area contributed by atoms with Gasteiger partial charge in [0.25, 0.3) is 0 Å². The second-order valence-corrected chi connectivity index (χ2v) is 0. The summed E-state index contributed by atoms with van der Waals surface area (Å²) in [6.07, 6.45) is 0. The van der Waals surface area contributed by atoms with E-state index in [2.05, 4.69) is 0 Å². The topological polar surface area (TPSA) is 146 Å². The van der Waals surface area contributed by atoms with E-state index < -0.39 is 0 Å². The van der Waals surface area contributed by atoms with Gasteiger partial charge in [-0.15, -0.1) is 0 Å². The molecular weight excluding hydrogens is 200 g/mol. The minimum absolute atomic E-state index is 0. The normalized spacial score (nSPS) is 0.857. The predicted molar refractivity (Wildman–Crippen MR) is 33.6 cm³/mol. The van der Waals surface area contributed by atoms with Gasteiger partial charge in [-0.2, -0.15) is 0 Å². The Labute approximate surface area is 82.4 Å². The smallest absolute Gasteiger partial charge is 1.00 e. The summed E-state index contributed by atoms with van der Waals surface area (Å²) in [5.41, 5.74) is 0. The van der Waals surface area contributed by atoms with Crippen molar-refractivity contribution in [3.63, 3.8) is 0 Å². The molecule has 0 aliphatic carbocycles. The van der Waals surface area contributed by atoms with Crippen LogP contribution in [0.3, 0.4) is 0 Å². The Balaban J connectivity index is -0.000000000238. The summed E-state index contributed by atoms with van der Waals surface area (Å²) in [7, 11) is 0. The van der Waals surface area contributed by atoms with Gasteiger partial charge < -0.3 is 29.0 Å². The number of hydrogen-bond donors (Lipinski definition) is 1. The van der Waals surface area contributed by atoms with Gasteiger partial charge in [-0.05, 0) is 0 Å². The molecule has 0 atom stereocenters. The number of halogens is 1. The van der Waals surface area contributed by atoms with E-state index >= 15 is 0 Å². The van der Waals surface area contributed by atoms with Crippen LogP contribution >= 0.6 is 16.3 Å². The van der Waals surface area contributed by atoms with Crippen LogP contribution in [0.15, 0.2) is 0 Å². The van der Waals surface area contributed by atoms with Crippen LogP contribution in [0.4, 0.5) is 0 Å². The van der Waals surface area contributed by atoms with E-state index in [0.717, 1.165) is 0 Å². The van der Waals surface area contributed by atoms with Crippen molar-refractivity contribution in [3.8, 4) is 0 Å². The molecule has 0 heterocycles. The molecule has 0 aromatic heterocycles. The van der Waals surface area contributed by atoms with Crippen LogP contribution < -0.4 is 0 Å². The first-order valence-electron chi connectivity index (χ1n) is 0.169. The standard InChI is InChI=1S/BrHO.Ca.4H2O.2H/c1-2;;;;;;;/h2H;;4*1H2;;/q;+2;;;;;2*-1. The largest absolute Gasteiger partial charge is 2.00 e. The summed E-state index contributed by atoms with van der Waals surface area (Å²) in [4.78, 5) is 0. The van der Waals surface area contributed by atoms with E-state index in [-0.39, 0.29) is 62.5 Å². The molecule has 0 bridgehead atoms. The van der Waals surface area contributed by atoms with Gasteiger partial charge in [0.05, 0.1) is 16.3 Å². The Morgan fingerprint density at radius 2 is 0.857 bits per heavy atom. The Morgan fingerprint density at radius 3 is 0.857 bits per heavy atom. The number of rotatable bonds is 0. The van der Waals surface area contributed by atoms with Crippen LogP contribution in [0.2, 0.25) is 0 Å². The van der Waals surface area contributed by atoms with Crippen molar-refractivity contribution in [1.82, 2.24) is 0 Å². The van der Waals surface area contributed by atoms with Gasteiger partial charge in [0, 0.05) is 0 Å². The zero-order chi connectivity index (χ0) is 2.00. The maximum absolute atomic E-state index is 6.81. The van der Waals surface area contributed by atoms with E-state index in [9.17, 15) is 0 Å². The molecule has 7 heteroatoms. The van der Waals surface area contributed by atoms with Crippen molar-refractivity contribution in [2.24, 2.45) is 0 Å². The number of hydrogen-bond acceptors (Lipinski definition) is 1. The van der Waals surface area contributed by atoms with Crippen molar-refractivity contribution in [3.05, 3.63) is 0 Å². The van der Waals surface area contributed by atoms with E-state index in [0.29, 0.717) is 0 Å². The molecule has 0 radical (unpaired) electrons. The second-order valence-electron chi connectivity index (χ2n) is 0. The Morgan fingerprint density at radius 1 is 0.857 bits per heavy atom. The molecule has 0 amide bonds. The Bertz CT molecular complexity index is 14.9. The summed E-state index contributed by atoms with van der Waals surface area (Å²) >= 11 is 1.94. The van der Waals surface area contributed by atoms with Gasteiger partial charge in [-0.1, -0.05) is 0 Å². The van der Waals surface area contributed by atoms with Gasteiger partial charge in [0.2, 0.25) is 0 Å². The van der Waals surface area contributed by atoms with Crippen molar-refractivity contribution in [2.75, 3.05) is 0 Å². The first-order valence-corrected chi connectivity index (χ1v) is 0.878. The molecule has 0 aliphatic rings. The third-order valence-corrected chi connectivity index (χ3v) is 0. The molecule has 0 aromatic rings. The first-order chi connectivity index (χ1) is 1.00. The average Bonchev–Trinajstić information content (AvgIpc) is 1.00. The predicted octanol–water partition coefficient (Wildman–Crippen LogP) is -3.17. The fourth-order valence-corrected chi connectivity index (χ4v) is 0. The third kappa shape index (κ3) is 97.6. The summed E-state index contributed by atoms with van der Waals surface area (Å²) in [6, 6.07) is 0. The molecule has 0 aliphatic heterocycles. The molecular formula is H11BrCaO5. The van der Waals surface area contributed by atoms with Gasteiger partial charge in [-0.3, -0.25) is 0 Å². The fourth-order valence-electron chi connectivity index (χ4n) is 0. The molecule has 0 saturated heterocycles. The first kappa shape index (κ1) is 75.3. The zero-order valence-corrected chi connectivity index (χ0v) is 7.33. The van der Waals surface area contributed by atoms with Crippen molar-refractivity contribution in [2.45, 2.75) is 0 Å². The van der Waals surface area contributed by atoms with Crippen LogP contribution in [0.25, 0.3) is 0 Å². The molecule has 50 valence electrons. The van der Waals surface area contributed by atoms with Gasteiger partial charge in [-0.25, -0.2) is 0 Å². The minimum atomic E-state index is 0. The van der Waals surface area contributed by atoms with Crippen LogP contribution in [-0.2, 0) is 0 Å². The summed E-state index contributed by atoms with van der Waals surface area (Å²) in [5, 5.41) is 0. The maximum Gasteiger partial charge on any atom is 2.00 e. The van der Waals surface area contributed by atoms with Gasteiger partial charge in [0.1, 0.15) is 0 Å². The maximum atomic E-state index is 6.81. The molecule has 0 fully saturated rings. The minimum Gasteiger partial charge on any atom is -1.00 e. The van der Waals surface area contributed by atoms with Crippen molar-refractivity contribution in [1.29, 1.82) is 0 Å². The van der Waals surface area contributed by atoms with E-state index in [4.69, 9.17) is 4.20 Å². The fraction of sp³-hybridized carbons (Fsp3) is 0. The SMILES string of the molecule is O.O.O.O.OBr.[Ca+2].[H-].[H-]. The van der Waals surface area contributed by atoms with E-state index in [1.807, 2.05) is 16.3 Å². The van der Waals surface area contributed by atoms with Crippen LogP contribution in [0, 0.1) is 0 Å². The van der Waals surface area contributed by atoms with Crippen LogP contribution in [0.5, 0.6) is 0 Å². The molecule has 0 spiro atoms. The molecule has 5 nitrogen and oxygen atoms in total. The average molecular weight is 211 g/mol. The molecule has 0 saturated carbocycles. The van der Waals surface area contributed by atoms with Gasteiger partial charge >= 0.3 is 37.7 Å². The molecule has 0 aromatic carbocycles. The molecule has 0 unspecified atom stereocenters. The van der Waals surface area contributed by atoms with Gasteiger partial charge in [0.15, 0.2) is 0 Å².